The average Bonchev–Trinajstić information content (AvgIpc) is 3.45. The molecule has 3 aliphatic rings. The molecule has 10 heteroatoms. The lowest BCUT2D eigenvalue weighted by Gasteiger charge is -2.16. The first-order valence-electron chi connectivity index (χ1n) is 9.60. The summed E-state index contributed by atoms with van der Waals surface area (Å²) in [6.45, 7) is 1.40. The lowest BCUT2D eigenvalue weighted by molar-refractivity contribution is -0.401. The van der Waals surface area contributed by atoms with E-state index in [-0.39, 0.29) is 29.9 Å². The van der Waals surface area contributed by atoms with Crippen LogP contribution in [-0.4, -0.2) is 90.5 Å². The number of amidine groups is 2. The van der Waals surface area contributed by atoms with Crippen LogP contribution in [-0.2, 0) is 9.59 Å². The molecule has 0 bridgehead atoms. The van der Waals surface area contributed by atoms with Crippen LogP contribution in [0.2, 0.25) is 0 Å². The highest BCUT2D eigenvalue weighted by atomic mass is 16.5. The fourth-order valence-electron chi connectivity index (χ4n) is 3.53. The van der Waals surface area contributed by atoms with E-state index in [0.29, 0.717) is 17.1 Å². The van der Waals surface area contributed by atoms with Crippen LogP contribution in [0.25, 0.3) is 0 Å². The lowest BCUT2D eigenvalue weighted by atomic mass is 10.2. The molecule has 1 saturated heterocycles. The molecule has 156 valence electrons. The number of carbonyl (C=O) groups is 3. The zero-order valence-corrected chi connectivity index (χ0v) is 17.0. The summed E-state index contributed by atoms with van der Waals surface area (Å²) in [6, 6.07) is 4.60. The molecule has 10 nitrogen and oxygen atoms in total. The van der Waals surface area contributed by atoms with E-state index in [1.807, 2.05) is 0 Å². The minimum atomic E-state index is -0.506. The molecule has 0 aromatic heterocycles. The second-order valence-electron chi connectivity index (χ2n) is 7.17. The summed E-state index contributed by atoms with van der Waals surface area (Å²) in [4.78, 5) is 48.3. The van der Waals surface area contributed by atoms with Crippen LogP contribution in [0.15, 0.2) is 28.2 Å². The number of amides is 4. The zero-order valence-electron chi connectivity index (χ0n) is 17.0. The fourth-order valence-corrected chi connectivity index (χ4v) is 3.53. The van der Waals surface area contributed by atoms with E-state index in [4.69, 9.17) is 9.47 Å². The van der Waals surface area contributed by atoms with E-state index in [1.54, 1.807) is 23.1 Å². The first-order valence-corrected chi connectivity index (χ1v) is 9.60. The van der Waals surface area contributed by atoms with Gasteiger partial charge in [-0.3, -0.25) is 4.79 Å². The topological polar surface area (TPSA) is 104 Å². The van der Waals surface area contributed by atoms with E-state index < -0.39 is 11.9 Å². The number of hydrogen-bond acceptors (Lipinski definition) is 7. The first-order chi connectivity index (χ1) is 14.4. The second kappa shape index (κ2) is 7.69. The van der Waals surface area contributed by atoms with Crippen molar-refractivity contribution in [2.24, 2.45) is 9.98 Å². The molecule has 1 fully saturated rings. The highest BCUT2D eigenvalue weighted by Crippen LogP contribution is 2.29. The van der Waals surface area contributed by atoms with Gasteiger partial charge in [0.1, 0.15) is 0 Å². The molecule has 1 aromatic carbocycles. The van der Waals surface area contributed by atoms with Gasteiger partial charge in [-0.2, -0.15) is 14.5 Å². The van der Waals surface area contributed by atoms with Crippen molar-refractivity contribution >= 4 is 35.2 Å². The SMILES string of the molecule is COc1ccc(C2=NC3=[N+](C)C(=O)N(C)C(=O)C3=N2)cc1OCC(=O)N1CCCC1. The maximum atomic E-state index is 12.4. The van der Waals surface area contributed by atoms with Gasteiger partial charge < -0.3 is 14.4 Å². The molecule has 3 heterocycles. The van der Waals surface area contributed by atoms with E-state index >= 15 is 0 Å². The van der Waals surface area contributed by atoms with Crippen molar-refractivity contribution in [3.8, 4) is 11.5 Å². The van der Waals surface area contributed by atoms with Gasteiger partial charge in [0.25, 0.3) is 5.91 Å². The van der Waals surface area contributed by atoms with E-state index in [2.05, 4.69) is 9.98 Å². The predicted octanol–water partition coefficient (Wildman–Crippen LogP) is 0.530. The van der Waals surface area contributed by atoms with Crippen molar-refractivity contribution < 1.29 is 28.4 Å². The number of ether oxygens (including phenoxy) is 2. The van der Waals surface area contributed by atoms with Crippen molar-refractivity contribution in [1.82, 2.24) is 9.80 Å². The Kier molecular flexibility index (Phi) is 5.06. The van der Waals surface area contributed by atoms with Crippen molar-refractivity contribution in [1.29, 1.82) is 0 Å². The van der Waals surface area contributed by atoms with Gasteiger partial charge in [0.2, 0.25) is 11.5 Å². The number of fused-ring (bicyclic) bond motifs is 1. The van der Waals surface area contributed by atoms with Gasteiger partial charge >= 0.3 is 17.8 Å². The number of urea groups is 1. The van der Waals surface area contributed by atoms with Gasteiger partial charge in [0.05, 0.1) is 21.2 Å². The van der Waals surface area contributed by atoms with Crippen molar-refractivity contribution in [3.05, 3.63) is 23.8 Å². The predicted molar refractivity (Wildman–Crippen MR) is 108 cm³/mol. The molecule has 0 unspecified atom stereocenters. The number of hydrogen-bond donors (Lipinski definition) is 0. The number of carbonyl (C=O) groups excluding carboxylic acids is 3. The maximum absolute atomic E-state index is 12.4. The zero-order chi connectivity index (χ0) is 21.4. The van der Waals surface area contributed by atoms with Crippen molar-refractivity contribution in [3.63, 3.8) is 0 Å². The summed E-state index contributed by atoms with van der Waals surface area (Å²) >= 11 is 0. The van der Waals surface area contributed by atoms with E-state index in [1.165, 1.54) is 25.8 Å². The molecule has 0 radical (unpaired) electrons. The Morgan fingerprint density at radius 1 is 1.17 bits per heavy atom. The average molecular weight is 412 g/mol. The molecule has 0 aliphatic carbocycles. The maximum Gasteiger partial charge on any atom is 0.446 e. The monoisotopic (exact) mass is 412 g/mol. The lowest BCUT2D eigenvalue weighted by Crippen LogP contribution is -2.51. The minimum Gasteiger partial charge on any atom is -0.493 e. The van der Waals surface area contributed by atoms with Gasteiger partial charge in [0, 0.05) is 18.7 Å². The molecular weight excluding hydrogens is 390 g/mol. The molecular formula is C20H22N5O5+. The molecule has 1 aromatic rings. The number of methoxy groups -OCH3 is 1. The van der Waals surface area contributed by atoms with Crippen LogP contribution >= 0.6 is 0 Å². The van der Waals surface area contributed by atoms with Crippen LogP contribution in [0.4, 0.5) is 4.79 Å². The van der Waals surface area contributed by atoms with Gasteiger partial charge in [-0.05, 0) is 31.0 Å². The molecule has 0 saturated carbocycles. The summed E-state index contributed by atoms with van der Waals surface area (Å²) in [5, 5.41) is 0. The smallest absolute Gasteiger partial charge is 0.446 e. The van der Waals surface area contributed by atoms with Crippen LogP contribution in [0.1, 0.15) is 18.4 Å². The van der Waals surface area contributed by atoms with Crippen LogP contribution < -0.4 is 9.47 Å². The number of aliphatic imine (C=N–C) groups is 2. The standard InChI is InChI=1S/C20H22N5O5/c1-23-18-16(19(27)24(2)20(23)28)21-17(22-18)12-6-7-13(29-3)14(10-12)30-11-15(26)25-8-4-5-9-25/h6-7,10H,4-5,8-9,11H2,1-3H3/q+1. The molecule has 0 atom stereocenters. The fraction of sp³-hybridized carbons (Fsp3) is 0.400. The summed E-state index contributed by atoms with van der Waals surface area (Å²) in [5.41, 5.74) is 0.683. The third kappa shape index (κ3) is 3.34. The van der Waals surface area contributed by atoms with Gasteiger partial charge in [0.15, 0.2) is 18.1 Å². The number of nitrogens with zero attached hydrogens (tertiary/aromatic N) is 5. The minimum absolute atomic E-state index is 0.0752. The summed E-state index contributed by atoms with van der Waals surface area (Å²) in [7, 11) is 4.45. The normalized spacial score (nSPS) is 18.5. The van der Waals surface area contributed by atoms with Gasteiger partial charge in [-0.1, -0.05) is 4.99 Å². The highest BCUT2D eigenvalue weighted by Gasteiger charge is 2.44. The highest BCUT2D eigenvalue weighted by molar-refractivity contribution is 6.70. The molecule has 3 aliphatic heterocycles. The largest absolute Gasteiger partial charge is 0.493 e. The summed E-state index contributed by atoms with van der Waals surface area (Å²) in [6.07, 6.45) is 2.02. The van der Waals surface area contributed by atoms with Crippen LogP contribution in [0, 0.1) is 0 Å². The Bertz CT molecular complexity index is 1040. The van der Waals surface area contributed by atoms with E-state index in [9.17, 15) is 14.4 Å². The molecule has 0 N–H and O–H groups in total. The van der Waals surface area contributed by atoms with Crippen LogP contribution in [0.5, 0.6) is 11.5 Å². The van der Waals surface area contributed by atoms with Crippen molar-refractivity contribution in [2.75, 3.05) is 40.9 Å². The van der Waals surface area contributed by atoms with Gasteiger partial charge in [-0.25, -0.2) is 9.59 Å². The Hall–Kier alpha value is -3.56. The number of likely N-dealkylation sites (tertiary alicyclic amines) is 1. The Labute approximate surface area is 173 Å². The summed E-state index contributed by atoms with van der Waals surface area (Å²) in [5.74, 6) is 0.745. The third-order valence-corrected chi connectivity index (χ3v) is 5.27. The molecule has 30 heavy (non-hydrogen) atoms. The van der Waals surface area contributed by atoms with Crippen LogP contribution in [0.3, 0.4) is 0 Å². The molecule has 0 spiro atoms. The molecule has 4 rings (SSSR count). The van der Waals surface area contributed by atoms with Gasteiger partial charge in [-0.15, -0.1) is 0 Å². The summed E-state index contributed by atoms with van der Waals surface area (Å²) < 4.78 is 12.3. The Balaban J connectivity index is 1.61. The number of rotatable bonds is 5. The number of imide groups is 1. The first kappa shape index (κ1) is 19.7. The third-order valence-electron chi connectivity index (χ3n) is 5.27. The van der Waals surface area contributed by atoms with E-state index in [0.717, 1.165) is 30.8 Å². The Morgan fingerprint density at radius 2 is 1.90 bits per heavy atom. The quantitative estimate of drug-likeness (QED) is 0.657. The number of benzene rings is 1. The molecule has 4 amide bonds. The van der Waals surface area contributed by atoms with Crippen molar-refractivity contribution in [2.45, 2.75) is 12.8 Å². The second-order valence-corrected chi connectivity index (χ2v) is 7.17. The Morgan fingerprint density at radius 3 is 2.60 bits per heavy atom.